The van der Waals surface area contributed by atoms with Gasteiger partial charge in [-0.25, -0.2) is 9.59 Å². The molecule has 7 heteroatoms. The van der Waals surface area contributed by atoms with Crippen LogP contribution >= 0.6 is 0 Å². The minimum absolute atomic E-state index is 0.0212. The lowest BCUT2D eigenvalue weighted by molar-refractivity contribution is -0.208. The van der Waals surface area contributed by atoms with Crippen molar-refractivity contribution in [2.24, 2.45) is 5.92 Å². The van der Waals surface area contributed by atoms with E-state index in [-0.39, 0.29) is 18.4 Å². The molecule has 27 heavy (non-hydrogen) atoms. The lowest BCUT2D eigenvalue weighted by atomic mass is 9.80. The van der Waals surface area contributed by atoms with Gasteiger partial charge < -0.3 is 24.4 Å². The largest absolute Gasteiger partial charge is 0.458 e. The summed E-state index contributed by atoms with van der Waals surface area (Å²) in [5, 5.41) is 21.4. The Balaban J connectivity index is 2.07. The summed E-state index contributed by atoms with van der Waals surface area (Å²) in [5.41, 5.74) is -0.120. The molecule has 2 N–H and O–H groups in total. The van der Waals surface area contributed by atoms with E-state index in [1.807, 2.05) is 0 Å². The third kappa shape index (κ3) is 3.24. The number of aliphatic hydroxyl groups excluding tert-OH is 1. The Bertz CT molecular complexity index is 751. The van der Waals surface area contributed by atoms with Crippen LogP contribution in [-0.2, 0) is 23.8 Å². The fourth-order valence-corrected chi connectivity index (χ4v) is 3.94. The molecule has 0 aromatic rings. The fraction of sp³-hybridized carbons (Fsp3) is 0.600. The smallest absolute Gasteiger partial charge is 0.334 e. The summed E-state index contributed by atoms with van der Waals surface area (Å²) in [6.45, 7) is 10.5. The number of hydrogen-bond donors (Lipinski definition) is 2. The van der Waals surface area contributed by atoms with Crippen LogP contribution in [0.5, 0.6) is 0 Å². The van der Waals surface area contributed by atoms with Crippen molar-refractivity contribution < 1.29 is 34.0 Å². The summed E-state index contributed by atoms with van der Waals surface area (Å²) in [6.07, 6.45) is 0.753. The number of hydrogen-bond acceptors (Lipinski definition) is 7. The molecular formula is C20H26O7. The van der Waals surface area contributed by atoms with Crippen LogP contribution in [0.2, 0.25) is 0 Å². The first-order chi connectivity index (χ1) is 12.5. The van der Waals surface area contributed by atoms with E-state index >= 15 is 0 Å². The maximum atomic E-state index is 12.4. The van der Waals surface area contributed by atoms with Gasteiger partial charge in [-0.05, 0) is 39.3 Å². The SMILES string of the molecule is C=C1C(=O)O[C@H]2/C=C(/C)[C@@]3(O)C[C@H](O)[C@@](C)(C[C@@H](OC(=O)/C(C)=C\C)[C@@H]12)O3. The fourth-order valence-electron chi connectivity index (χ4n) is 3.94. The van der Waals surface area contributed by atoms with E-state index in [2.05, 4.69) is 6.58 Å². The molecule has 7 nitrogen and oxygen atoms in total. The van der Waals surface area contributed by atoms with Crippen LogP contribution < -0.4 is 0 Å². The van der Waals surface area contributed by atoms with Gasteiger partial charge in [-0.2, -0.15) is 0 Å². The van der Waals surface area contributed by atoms with Crippen LogP contribution in [-0.4, -0.2) is 51.9 Å². The first-order valence-electron chi connectivity index (χ1n) is 9.04. The van der Waals surface area contributed by atoms with E-state index in [9.17, 15) is 19.8 Å². The number of fused-ring (bicyclic) bond motifs is 3. The summed E-state index contributed by atoms with van der Waals surface area (Å²) < 4.78 is 17.0. The van der Waals surface area contributed by atoms with Gasteiger partial charge in [0.15, 0.2) is 5.79 Å². The highest BCUT2D eigenvalue weighted by Gasteiger charge is 2.58. The van der Waals surface area contributed by atoms with Crippen molar-refractivity contribution in [1.82, 2.24) is 0 Å². The van der Waals surface area contributed by atoms with Crippen LogP contribution in [0.4, 0.5) is 0 Å². The molecule has 0 aromatic carbocycles. The third-order valence-corrected chi connectivity index (χ3v) is 5.89. The lowest BCUT2D eigenvalue weighted by Gasteiger charge is -2.34. The first kappa shape index (κ1) is 19.8. The monoisotopic (exact) mass is 378 g/mol. The minimum Gasteiger partial charge on any atom is -0.458 e. The first-order valence-corrected chi connectivity index (χ1v) is 9.04. The molecule has 0 aliphatic carbocycles. The Kier molecular flexibility index (Phi) is 4.82. The number of aliphatic hydroxyl groups is 2. The molecule has 148 valence electrons. The highest BCUT2D eigenvalue weighted by molar-refractivity contribution is 5.92. The number of carbonyl (C=O) groups excluding carboxylic acids is 2. The van der Waals surface area contributed by atoms with Crippen molar-refractivity contribution in [3.63, 3.8) is 0 Å². The molecule has 3 heterocycles. The van der Waals surface area contributed by atoms with Gasteiger partial charge in [-0.1, -0.05) is 12.7 Å². The summed E-state index contributed by atoms with van der Waals surface area (Å²) >= 11 is 0. The quantitative estimate of drug-likeness (QED) is 0.427. The molecule has 0 aromatic heterocycles. The van der Waals surface area contributed by atoms with Crippen molar-refractivity contribution in [2.75, 3.05) is 0 Å². The van der Waals surface area contributed by atoms with E-state index in [0.717, 1.165) is 0 Å². The summed E-state index contributed by atoms with van der Waals surface area (Å²) in [6, 6.07) is 0. The molecular weight excluding hydrogens is 352 g/mol. The zero-order chi connectivity index (χ0) is 20.1. The van der Waals surface area contributed by atoms with E-state index in [1.165, 1.54) is 0 Å². The zero-order valence-electron chi connectivity index (χ0n) is 16.0. The molecule has 2 bridgehead atoms. The highest BCUT2D eigenvalue weighted by Crippen LogP contribution is 2.48. The second-order valence-electron chi connectivity index (χ2n) is 7.81. The Morgan fingerprint density at radius 1 is 1.44 bits per heavy atom. The van der Waals surface area contributed by atoms with Gasteiger partial charge in [0.05, 0.1) is 17.6 Å². The lowest BCUT2D eigenvalue weighted by Crippen LogP contribution is -2.44. The molecule has 0 unspecified atom stereocenters. The number of allylic oxidation sites excluding steroid dienone is 1. The molecule has 3 aliphatic rings. The Morgan fingerprint density at radius 3 is 2.74 bits per heavy atom. The molecule has 3 rings (SSSR count). The number of carbonyl (C=O) groups is 2. The maximum Gasteiger partial charge on any atom is 0.334 e. The van der Waals surface area contributed by atoms with Gasteiger partial charge in [0.2, 0.25) is 0 Å². The summed E-state index contributed by atoms with van der Waals surface area (Å²) in [4.78, 5) is 24.5. The second-order valence-corrected chi connectivity index (χ2v) is 7.81. The van der Waals surface area contributed by atoms with Gasteiger partial charge in [-0.15, -0.1) is 0 Å². The van der Waals surface area contributed by atoms with E-state index in [0.29, 0.717) is 11.1 Å². The number of rotatable bonds is 2. The minimum atomic E-state index is -1.67. The van der Waals surface area contributed by atoms with Crippen molar-refractivity contribution in [3.8, 4) is 0 Å². The number of esters is 2. The Morgan fingerprint density at radius 2 is 2.11 bits per heavy atom. The van der Waals surface area contributed by atoms with Gasteiger partial charge >= 0.3 is 11.9 Å². The molecule has 3 aliphatic heterocycles. The summed E-state index contributed by atoms with van der Waals surface area (Å²) in [7, 11) is 0. The molecule has 2 fully saturated rings. The summed E-state index contributed by atoms with van der Waals surface area (Å²) in [5.74, 6) is -3.39. The van der Waals surface area contributed by atoms with Crippen LogP contribution in [0.3, 0.4) is 0 Å². The Labute approximate surface area is 158 Å². The molecule has 2 saturated heterocycles. The number of ether oxygens (including phenoxy) is 3. The van der Waals surface area contributed by atoms with Crippen molar-refractivity contribution in [2.45, 2.75) is 70.2 Å². The standard InChI is InChI=1S/C20H26O7/c1-6-10(2)17(22)26-14-8-19(5)15(21)9-20(24,27-19)11(3)7-13-16(14)12(4)18(23)25-13/h6-7,13-16,21,24H,4,8-9H2,1-3,5H3/b10-6-,11-7-/t13-,14+,15-,16-,19+,20+/m0/s1. The molecule has 0 spiro atoms. The van der Waals surface area contributed by atoms with Crippen LogP contribution in [0.1, 0.15) is 40.5 Å². The van der Waals surface area contributed by atoms with Crippen LogP contribution in [0, 0.1) is 5.92 Å². The van der Waals surface area contributed by atoms with Gasteiger partial charge in [0.1, 0.15) is 12.2 Å². The van der Waals surface area contributed by atoms with E-state index < -0.39 is 47.6 Å². The van der Waals surface area contributed by atoms with Crippen molar-refractivity contribution >= 4 is 11.9 Å². The predicted octanol–water partition coefficient (Wildman–Crippen LogP) is 1.54. The molecule has 0 radical (unpaired) electrons. The van der Waals surface area contributed by atoms with Gasteiger partial charge in [-0.3, -0.25) is 0 Å². The molecule has 0 saturated carbocycles. The predicted molar refractivity (Wildman–Crippen MR) is 95.3 cm³/mol. The highest BCUT2D eigenvalue weighted by atomic mass is 16.7. The van der Waals surface area contributed by atoms with Gasteiger partial charge in [0.25, 0.3) is 0 Å². The Hall–Kier alpha value is -1.96. The van der Waals surface area contributed by atoms with Gasteiger partial charge in [0, 0.05) is 24.0 Å². The maximum absolute atomic E-state index is 12.4. The van der Waals surface area contributed by atoms with E-state index in [1.54, 1.807) is 39.8 Å². The average molecular weight is 378 g/mol. The van der Waals surface area contributed by atoms with Crippen LogP contribution in [0.25, 0.3) is 0 Å². The van der Waals surface area contributed by atoms with Crippen molar-refractivity contribution in [3.05, 3.63) is 35.5 Å². The van der Waals surface area contributed by atoms with E-state index in [4.69, 9.17) is 14.2 Å². The second kappa shape index (κ2) is 6.58. The normalized spacial score (nSPS) is 43.8. The topological polar surface area (TPSA) is 102 Å². The molecule has 6 atom stereocenters. The average Bonchev–Trinajstić information content (AvgIpc) is 2.99. The molecule has 0 amide bonds. The van der Waals surface area contributed by atoms with Crippen LogP contribution in [0.15, 0.2) is 35.5 Å². The third-order valence-electron chi connectivity index (χ3n) is 5.89. The zero-order valence-corrected chi connectivity index (χ0v) is 16.0. The van der Waals surface area contributed by atoms with Crippen molar-refractivity contribution in [1.29, 1.82) is 0 Å².